The first kappa shape index (κ1) is 70.4. The lowest BCUT2D eigenvalue weighted by Crippen LogP contribution is -2.68. The topological polar surface area (TPSA) is 596 Å². The summed E-state index contributed by atoms with van der Waals surface area (Å²) in [6.45, 7) is -3.72. The first-order valence-electron chi connectivity index (χ1n) is 28.3. The third-order valence-corrected chi connectivity index (χ3v) is 16.2. The molecule has 0 aromatic rings. The minimum Gasteiger partial charge on any atom is -0.394 e. The zero-order valence-corrected chi connectivity index (χ0v) is 46.1. The molecular weight excluding hydrogens is 1180 g/mol. The van der Waals surface area contributed by atoms with Gasteiger partial charge in [0.05, 0.1) is 39.6 Å². The molecule has 21 heterocycles. The van der Waals surface area contributed by atoms with E-state index < -0.39 is 255 Å². The molecule has 21 rings (SSSR count). The minimum absolute atomic E-state index is 0.235. The van der Waals surface area contributed by atoms with Crippen LogP contribution in [0.25, 0.3) is 0 Å². The van der Waals surface area contributed by atoms with Crippen molar-refractivity contribution in [2.24, 2.45) is 5.73 Å². The van der Waals surface area contributed by atoms with E-state index in [1.165, 1.54) is 0 Å². The molecule has 502 valence electrons. The Balaban J connectivity index is 1.08. The molecule has 14 bridgehead atoms. The summed E-state index contributed by atoms with van der Waals surface area (Å²) in [5.74, 6) is 0. The van der Waals surface area contributed by atoms with Gasteiger partial charge < -0.3 is 190 Å². The maximum atomic E-state index is 11.8. The van der Waals surface area contributed by atoms with Gasteiger partial charge in [-0.05, 0) is 0 Å². The van der Waals surface area contributed by atoms with Gasteiger partial charge in [0.2, 0.25) is 0 Å². The first-order valence-corrected chi connectivity index (χ1v) is 28.3. The van der Waals surface area contributed by atoms with Crippen molar-refractivity contribution in [2.75, 3.05) is 85.5 Å². The summed E-state index contributed by atoms with van der Waals surface area (Å²) in [5, 5.41) is 233. The van der Waals surface area contributed by atoms with Crippen LogP contribution in [0.15, 0.2) is 0 Å². The van der Waals surface area contributed by atoms with Gasteiger partial charge in [-0.25, -0.2) is 0 Å². The molecule has 35 atom stereocenters. The SMILES string of the molecule is NCCNCCNCCNCC1OC2OC3C(CO)OC(OC4C(CO)OC(OC5C(CO)OC(OC6C(CO)OC(OC7C(CO)OC(OC8C(CO)OC(OC1C(O)C2O)C(O)C8O)C(O)C7O)C(O)C6O)C(O)C5O)C(O)C4O)C(O)C3O. The Hall–Kier alpha value is -1.52. The molecule has 86 heavy (non-hydrogen) atoms. The van der Waals surface area contributed by atoms with Gasteiger partial charge in [0.15, 0.2) is 44.0 Å². The normalized spacial score (nSPS) is 50.8. The summed E-state index contributed by atoms with van der Waals surface area (Å²) < 4.78 is 81.4. The zero-order chi connectivity index (χ0) is 62.4. The highest BCUT2D eigenvalue weighted by atomic mass is 16.8. The number of hydrogen-bond acceptors (Lipinski definition) is 38. The predicted molar refractivity (Wildman–Crippen MR) is 269 cm³/mol. The maximum Gasteiger partial charge on any atom is 0.187 e. The Kier molecular flexibility index (Phi) is 26.1. The summed E-state index contributed by atoms with van der Waals surface area (Å²) >= 11 is 0. The number of hydrogen-bond donors (Lipinski definition) is 24. The fraction of sp³-hybridized carbons (Fsp3) is 1.00. The number of aliphatic hydroxyl groups is 20. The van der Waals surface area contributed by atoms with E-state index >= 15 is 0 Å². The largest absolute Gasteiger partial charge is 0.394 e. The molecule has 0 aliphatic carbocycles. The van der Waals surface area contributed by atoms with Gasteiger partial charge in [-0.1, -0.05) is 0 Å². The molecule has 21 fully saturated rings. The third-order valence-electron chi connectivity index (χ3n) is 16.2. The fourth-order valence-electron chi connectivity index (χ4n) is 11.4. The van der Waals surface area contributed by atoms with E-state index in [1.54, 1.807) is 0 Å². The molecule has 35 unspecified atom stereocenters. The zero-order valence-electron chi connectivity index (χ0n) is 46.1. The number of ether oxygens (including phenoxy) is 14. The summed E-state index contributed by atoms with van der Waals surface area (Å²) in [7, 11) is 0. The van der Waals surface area contributed by atoms with Crippen LogP contribution in [0.2, 0.25) is 0 Å². The molecule has 21 saturated heterocycles. The van der Waals surface area contributed by atoms with E-state index in [4.69, 9.17) is 72.0 Å². The number of nitrogens with one attached hydrogen (secondary N) is 3. The van der Waals surface area contributed by atoms with Crippen molar-refractivity contribution in [1.29, 1.82) is 0 Å². The summed E-state index contributed by atoms with van der Waals surface area (Å²) in [5.41, 5.74) is 5.52. The molecule has 38 nitrogen and oxygen atoms in total. The molecule has 0 saturated carbocycles. The van der Waals surface area contributed by atoms with Gasteiger partial charge in [-0.2, -0.15) is 0 Å². The van der Waals surface area contributed by atoms with Crippen molar-refractivity contribution >= 4 is 0 Å². The van der Waals surface area contributed by atoms with Crippen LogP contribution < -0.4 is 21.7 Å². The lowest BCUT2D eigenvalue weighted by atomic mass is 9.95. The van der Waals surface area contributed by atoms with Gasteiger partial charge in [0.1, 0.15) is 171 Å². The van der Waals surface area contributed by atoms with Gasteiger partial charge >= 0.3 is 0 Å². The van der Waals surface area contributed by atoms with Gasteiger partial charge in [-0.15, -0.1) is 0 Å². The third kappa shape index (κ3) is 15.3. The average Bonchev–Trinajstić information content (AvgIpc) is 1.41. The molecule has 21 aliphatic rings. The predicted octanol–water partition coefficient (Wildman–Crippen LogP) is -16.5. The maximum absolute atomic E-state index is 11.8. The van der Waals surface area contributed by atoms with Crippen LogP contribution in [0.1, 0.15) is 0 Å². The molecule has 0 spiro atoms. The lowest BCUT2D eigenvalue weighted by Gasteiger charge is -2.50. The highest BCUT2D eigenvalue weighted by molar-refractivity contribution is 5.02. The van der Waals surface area contributed by atoms with Crippen molar-refractivity contribution < 1.29 is 168 Å². The summed E-state index contributed by atoms with van der Waals surface area (Å²) in [4.78, 5) is 0. The molecule has 21 aliphatic heterocycles. The quantitative estimate of drug-likeness (QED) is 0.0638. The summed E-state index contributed by atoms with van der Waals surface area (Å²) in [6.07, 6.45) is -69.3. The Bertz CT molecular complexity index is 2000. The highest BCUT2D eigenvalue weighted by Crippen LogP contribution is 2.39. The van der Waals surface area contributed by atoms with E-state index in [0.29, 0.717) is 32.7 Å². The molecule has 38 heteroatoms. The van der Waals surface area contributed by atoms with Crippen LogP contribution in [0.4, 0.5) is 0 Å². The molecular formula is C48H86N4O34. The van der Waals surface area contributed by atoms with Crippen LogP contribution in [-0.4, -0.2) is 403 Å². The first-order chi connectivity index (χ1) is 41.2. The fourth-order valence-corrected chi connectivity index (χ4v) is 11.4. The smallest absolute Gasteiger partial charge is 0.187 e. The molecule has 0 amide bonds. The molecule has 0 radical (unpaired) electrons. The second kappa shape index (κ2) is 31.9. The van der Waals surface area contributed by atoms with E-state index in [-0.39, 0.29) is 13.1 Å². The van der Waals surface area contributed by atoms with Crippen molar-refractivity contribution in [1.82, 2.24) is 16.0 Å². The Morgan fingerprint density at radius 1 is 0.221 bits per heavy atom. The molecule has 0 aromatic heterocycles. The lowest BCUT2D eigenvalue weighted by molar-refractivity contribution is -0.396. The van der Waals surface area contributed by atoms with Crippen molar-refractivity contribution in [3.05, 3.63) is 0 Å². The van der Waals surface area contributed by atoms with Crippen LogP contribution in [0.5, 0.6) is 0 Å². The van der Waals surface area contributed by atoms with Crippen LogP contribution in [0, 0.1) is 0 Å². The number of nitrogens with two attached hydrogens (primary N) is 1. The van der Waals surface area contributed by atoms with Crippen LogP contribution >= 0.6 is 0 Å². The number of aliphatic hydroxyl groups excluding tert-OH is 20. The van der Waals surface area contributed by atoms with Crippen molar-refractivity contribution in [3.8, 4) is 0 Å². The van der Waals surface area contributed by atoms with E-state index in [1.807, 2.05) is 0 Å². The molecule has 0 aromatic carbocycles. The Labute approximate surface area is 489 Å². The molecule has 25 N–H and O–H groups in total. The van der Waals surface area contributed by atoms with Gasteiger partial charge in [0, 0.05) is 45.8 Å². The van der Waals surface area contributed by atoms with Crippen LogP contribution in [-0.2, 0) is 66.3 Å². The standard InChI is InChI=1S/C48H86N4O34/c49-1-2-50-3-4-51-5-6-52-7-14-35-21(59)28(66)42(73-14)81-36-15(8-53)75-44(30(68)23(36)61)83-38-17(10-55)77-46(32(70)25(38)63)85-40-19(12-57)79-48(34(72)27(40)65)86-41-20(13-58)78-47(33(71)26(41)64)84-39-18(11-56)76-45(31(69)24(39)62)82-37-16(9-54)74-43(80-35)29(67)22(37)60/h14-48,50-72H,1-13,49H2. The Morgan fingerprint density at radius 3 is 0.593 bits per heavy atom. The average molecular weight is 1260 g/mol. The number of rotatable bonds is 16. The second-order valence-corrected chi connectivity index (χ2v) is 22.0. The monoisotopic (exact) mass is 1260 g/mol. The highest BCUT2D eigenvalue weighted by Gasteiger charge is 2.59. The second-order valence-electron chi connectivity index (χ2n) is 22.0. The van der Waals surface area contributed by atoms with E-state index in [9.17, 15) is 102 Å². The Morgan fingerprint density at radius 2 is 0.395 bits per heavy atom. The van der Waals surface area contributed by atoms with Gasteiger partial charge in [-0.3, -0.25) is 0 Å². The van der Waals surface area contributed by atoms with E-state index in [2.05, 4.69) is 16.0 Å². The van der Waals surface area contributed by atoms with Crippen molar-refractivity contribution in [2.45, 2.75) is 215 Å². The van der Waals surface area contributed by atoms with Gasteiger partial charge in [0.25, 0.3) is 0 Å². The minimum atomic E-state index is -2.21. The van der Waals surface area contributed by atoms with Crippen molar-refractivity contribution in [3.63, 3.8) is 0 Å². The van der Waals surface area contributed by atoms with E-state index in [0.717, 1.165) is 0 Å². The summed E-state index contributed by atoms with van der Waals surface area (Å²) in [6, 6.07) is 0. The van der Waals surface area contributed by atoms with Crippen LogP contribution in [0.3, 0.4) is 0 Å².